The van der Waals surface area contributed by atoms with Crippen LogP contribution in [0, 0.1) is 0 Å². The molecule has 0 aliphatic heterocycles. The average molecular weight is 383 g/mol. The lowest BCUT2D eigenvalue weighted by atomic mass is 9.95. The fourth-order valence-electron chi connectivity index (χ4n) is 2.36. The molecule has 2 rings (SSSR count). The quantitative estimate of drug-likeness (QED) is 0.768. The van der Waals surface area contributed by atoms with Crippen molar-refractivity contribution in [2.45, 2.75) is 44.6 Å². The van der Waals surface area contributed by atoms with Crippen molar-refractivity contribution in [1.29, 1.82) is 0 Å². The number of hydrogen-bond donors (Lipinski definition) is 2. The lowest BCUT2D eigenvalue weighted by Crippen LogP contribution is -2.41. The summed E-state index contributed by atoms with van der Waals surface area (Å²) in [5, 5.41) is 5.53. The Bertz CT molecular complexity index is 574. The molecule has 1 aliphatic rings. The number of hydrogen-bond acceptors (Lipinski definition) is 3. The summed E-state index contributed by atoms with van der Waals surface area (Å²) in [4.78, 5) is 23.9. The number of halogens is 1. The van der Waals surface area contributed by atoms with Gasteiger partial charge in [0.2, 0.25) is 5.91 Å². The maximum atomic E-state index is 12.4. The van der Waals surface area contributed by atoms with Crippen molar-refractivity contribution in [2.24, 2.45) is 0 Å². The summed E-state index contributed by atoms with van der Waals surface area (Å²) in [5.74, 6) is 0.0193. The minimum atomic E-state index is -0.521. The number of alkyl carbamates (subject to hydrolysis) is 1. The van der Waals surface area contributed by atoms with E-state index < -0.39 is 17.1 Å². The van der Waals surface area contributed by atoms with Gasteiger partial charge in [0.25, 0.3) is 0 Å². The van der Waals surface area contributed by atoms with Crippen molar-refractivity contribution in [1.82, 2.24) is 10.6 Å². The van der Waals surface area contributed by atoms with E-state index in [1.165, 1.54) is 0 Å². The third-order valence-electron chi connectivity index (χ3n) is 3.66. The molecule has 2 amide bonds. The largest absolute Gasteiger partial charge is 0.444 e. The van der Waals surface area contributed by atoms with Crippen LogP contribution in [0.3, 0.4) is 0 Å². The van der Waals surface area contributed by atoms with Gasteiger partial charge in [-0.15, -0.1) is 0 Å². The Balaban J connectivity index is 1.77. The molecule has 1 fully saturated rings. The zero-order chi connectivity index (χ0) is 17.1. The molecule has 1 aromatic rings. The van der Waals surface area contributed by atoms with Crippen LogP contribution in [-0.4, -0.2) is 30.7 Å². The van der Waals surface area contributed by atoms with Gasteiger partial charge in [0, 0.05) is 17.6 Å². The van der Waals surface area contributed by atoms with Gasteiger partial charge in [-0.3, -0.25) is 4.79 Å². The summed E-state index contributed by atoms with van der Waals surface area (Å²) < 4.78 is 6.14. The second-order valence-electron chi connectivity index (χ2n) is 6.77. The van der Waals surface area contributed by atoms with Crippen LogP contribution in [0.15, 0.2) is 28.7 Å². The molecule has 0 radical (unpaired) electrons. The van der Waals surface area contributed by atoms with E-state index in [1.54, 1.807) is 0 Å². The molecular weight excluding hydrogens is 360 g/mol. The molecule has 0 spiro atoms. The molecule has 0 saturated heterocycles. The highest BCUT2D eigenvalue weighted by molar-refractivity contribution is 9.10. The summed E-state index contributed by atoms with van der Waals surface area (Å²) in [5.41, 5.74) is 0.123. The smallest absolute Gasteiger partial charge is 0.407 e. The molecule has 2 N–H and O–H groups in total. The number of nitrogens with one attached hydrogen (secondary N) is 2. The highest BCUT2D eigenvalue weighted by atomic mass is 79.9. The fraction of sp³-hybridized carbons (Fsp3) is 0.529. The fourth-order valence-corrected chi connectivity index (χ4v) is 2.63. The van der Waals surface area contributed by atoms with E-state index in [0.29, 0.717) is 13.1 Å². The summed E-state index contributed by atoms with van der Waals surface area (Å²) in [6.45, 7) is 6.16. The number of carbonyl (C=O) groups excluding carboxylic acids is 2. The SMILES string of the molecule is CC(C)(C)OC(=O)NCCNC(=O)C1(c2ccc(Br)cc2)CC1. The summed E-state index contributed by atoms with van der Waals surface area (Å²) >= 11 is 3.40. The Morgan fingerprint density at radius 2 is 1.70 bits per heavy atom. The minimum Gasteiger partial charge on any atom is -0.444 e. The molecule has 1 aromatic carbocycles. The molecule has 6 heteroatoms. The minimum absolute atomic E-state index is 0.0193. The zero-order valence-corrected chi connectivity index (χ0v) is 15.3. The van der Waals surface area contributed by atoms with Crippen molar-refractivity contribution >= 4 is 27.9 Å². The van der Waals surface area contributed by atoms with E-state index in [9.17, 15) is 9.59 Å². The lowest BCUT2D eigenvalue weighted by molar-refractivity contribution is -0.123. The molecule has 5 nitrogen and oxygen atoms in total. The van der Waals surface area contributed by atoms with Gasteiger partial charge in [0.05, 0.1) is 5.41 Å². The van der Waals surface area contributed by atoms with E-state index in [4.69, 9.17) is 4.74 Å². The first kappa shape index (κ1) is 17.8. The molecule has 126 valence electrons. The highest BCUT2D eigenvalue weighted by Crippen LogP contribution is 2.48. The number of carbonyl (C=O) groups is 2. The van der Waals surface area contributed by atoms with Crippen LogP contribution >= 0.6 is 15.9 Å². The van der Waals surface area contributed by atoms with E-state index in [-0.39, 0.29) is 5.91 Å². The normalized spacial score (nSPS) is 15.7. The molecule has 0 unspecified atom stereocenters. The maximum absolute atomic E-state index is 12.4. The first-order chi connectivity index (χ1) is 10.7. The van der Waals surface area contributed by atoms with Crippen LogP contribution < -0.4 is 10.6 Å². The van der Waals surface area contributed by atoms with Crippen LogP contribution in [0.2, 0.25) is 0 Å². The van der Waals surface area contributed by atoms with Crippen molar-refractivity contribution in [2.75, 3.05) is 13.1 Å². The zero-order valence-electron chi connectivity index (χ0n) is 13.7. The predicted octanol–water partition coefficient (Wildman–Crippen LogP) is 3.12. The van der Waals surface area contributed by atoms with Gasteiger partial charge < -0.3 is 15.4 Å². The van der Waals surface area contributed by atoms with Crippen LogP contribution in [0.5, 0.6) is 0 Å². The first-order valence-electron chi connectivity index (χ1n) is 7.74. The van der Waals surface area contributed by atoms with Crippen LogP contribution in [0.1, 0.15) is 39.2 Å². The van der Waals surface area contributed by atoms with Crippen LogP contribution in [0.4, 0.5) is 4.79 Å². The van der Waals surface area contributed by atoms with E-state index >= 15 is 0 Å². The number of ether oxygens (including phenoxy) is 1. The third-order valence-corrected chi connectivity index (χ3v) is 4.19. The summed E-state index contributed by atoms with van der Waals surface area (Å²) in [6, 6.07) is 7.87. The molecule has 0 bridgehead atoms. The first-order valence-corrected chi connectivity index (χ1v) is 8.53. The average Bonchev–Trinajstić information content (AvgIpc) is 3.24. The second-order valence-corrected chi connectivity index (χ2v) is 7.69. The molecule has 1 aliphatic carbocycles. The lowest BCUT2D eigenvalue weighted by Gasteiger charge is -2.20. The number of amides is 2. The van der Waals surface area contributed by atoms with Crippen molar-refractivity contribution in [3.8, 4) is 0 Å². The predicted molar refractivity (Wildman–Crippen MR) is 92.3 cm³/mol. The summed E-state index contributed by atoms with van der Waals surface area (Å²) in [6.07, 6.45) is 1.25. The Hall–Kier alpha value is -1.56. The molecule has 0 aromatic heterocycles. The van der Waals surface area contributed by atoms with E-state index in [2.05, 4.69) is 26.6 Å². The molecule has 0 heterocycles. The van der Waals surface area contributed by atoms with E-state index in [0.717, 1.165) is 22.9 Å². The molecule has 0 atom stereocenters. The van der Waals surface area contributed by atoms with Gasteiger partial charge in [0.15, 0.2) is 0 Å². The van der Waals surface area contributed by atoms with Gasteiger partial charge in [0.1, 0.15) is 5.60 Å². The van der Waals surface area contributed by atoms with Crippen molar-refractivity contribution in [3.63, 3.8) is 0 Å². The topological polar surface area (TPSA) is 67.4 Å². The monoisotopic (exact) mass is 382 g/mol. The van der Waals surface area contributed by atoms with Gasteiger partial charge in [-0.25, -0.2) is 4.79 Å². The molecule has 1 saturated carbocycles. The van der Waals surface area contributed by atoms with Gasteiger partial charge in [-0.05, 0) is 51.3 Å². The second kappa shape index (κ2) is 6.91. The third kappa shape index (κ3) is 4.96. The Morgan fingerprint density at radius 1 is 1.13 bits per heavy atom. The van der Waals surface area contributed by atoms with Crippen molar-refractivity contribution < 1.29 is 14.3 Å². The van der Waals surface area contributed by atoms with E-state index in [1.807, 2.05) is 45.0 Å². The molecule has 23 heavy (non-hydrogen) atoms. The summed E-state index contributed by atoms with van der Waals surface area (Å²) in [7, 11) is 0. The number of rotatable bonds is 5. The van der Waals surface area contributed by atoms with Crippen LogP contribution in [-0.2, 0) is 14.9 Å². The van der Waals surface area contributed by atoms with Gasteiger partial charge in [-0.1, -0.05) is 28.1 Å². The molecular formula is C17H23BrN2O3. The Kier molecular flexibility index (Phi) is 5.34. The van der Waals surface area contributed by atoms with Gasteiger partial charge in [-0.2, -0.15) is 0 Å². The standard InChI is InChI=1S/C17H23BrN2O3/c1-16(2,3)23-15(22)20-11-10-19-14(21)17(8-9-17)12-4-6-13(18)7-5-12/h4-7H,8-11H2,1-3H3,(H,19,21)(H,20,22). The maximum Gasteiger partial charge on any atom is 0.407 e. The number of benzene rings is 1. The van der Waals surface area contributed by atoms with Crippen molar-refractivity contribution in [3.05, 3.63) is 34.3 Å². The Morgan fingerprint density at radius 3 is 2.22 bits per heavy atom. The Labute approximate surface area is 145 Å². The highest BCUT2D eigenvalue weighted by Gasteiger charge is 2.50. The van der Waals surface area contributed by atoms with Crippen LogP contribution in [0.25, 0.3) is 0 Å². The van der Waals surface area contributed by atoms with Gasteiger partial charge >= 0.3 is 6.09 Å².